The van der Waals surface area contributed by atoms with Crippen LogP contribution in [0.25, 0.3) is 0 Å². The Balaban J connectivity index is 1.51. The summed E-state index contributed by atoms with van der Waals surface area (Å²) in [4.78, 5) is 12.3. The number of ether oxygens (including phenoxy) is 1. The highest BCUT2D eigenvalue weighted by Gasteiger charge is 2.14. The fraction of sp³-hybridized carbons (Fsp3) is 0.391. The SMILES string of the molecule is Cc1cnn(CCCNC(=O)c2ccc(COc3cc(C)c(Cl)cc3C(C)C)o2)c1. The van der Waals surface area contributed by atoms with Crippen LogP contribution in [0.2, 0.25) is 5.02 Å². The van der Waals surface area contributed by atoms with Gasteiger partial charge in [0.2, 0.25) is 0 Å². The predicted molar refractivity (Wildman–Crippen MR) is 117 cm³/mol. The lowest BCUT2D eigenvalue weighted by Gasteiger charge is -2.15. The summed E-state index contributed by atoms with van der Waals surface area (Å²) in [6.45, 7) is 9.68. The molecule has 0 aliphatic heterocycles. The van der Waals surface area contributed by atoms with Crippen LogP contribution in [0.15, 0.2) is 41.1 Å². The number of benzene rings is 1. The Morgan fingerprint density at radius 2 is 2.10 bits per heavy atom. The molecule has 1 N–H and O–H groups in total. The molecule has 0 atom stereocenters. The van der Waals surface area contributed by atoms with Gasteiger partial charge in [-0.25, -0.2) is 0 Å². The standard InChI is InChI=1S/C23H28ClN3O3/c1-15(2)19-11-20(24)17(4)10-22(19)29-14-18-6-7-21(30-18)23(28)25-8-5-9-27-13-16(3)12-26-27/h6-7,10-13,15H,5,8-9,14H2,1-4H3,(H,25,28). The Morgan fingerprint density at radius 1 is 1.30 bits per heavy atom. The maximum absolute atomic E-state index is 12.3. The number of amides is 1. The minimum absolute atomic E-state index is 0.233. The Bertz CT molecular complexity index is 1010. The van der Waals surface area contributed by atoms with Crippen molar-refractivity contribution in [1.29, 1.82) is 0 Å². The number of nitrogens with one attached hydrogen (secondary N) is 1. The van der Waals surface area contributed by atoms with Crippen molar-refractivity contribution in [2.24, 2.45) is 0 Å². The fourth-order valence-corrected chi connectivity index (χ4v) is 3.26. The van der Waals surface area contributed by atoms with Crippen molar-refractivity contribution in [3.8, 4) is 5.75 Å². The lowest BCUT2D eigenvalue weighted by molar-refractivity contribution is 0.0920. The molecule has 0 saturated carbocycles. The van der Waals surface area contributed by atoms with Gasteiger partial charge >= 0.3 is 0 Å². The lowest BCUT2D eigenvalue weighted by atomic mass is 10.0. The van der Waals surface area contributed by atoms with Gasteiger partial charge in [-0.2, -0.15) is 5.10 Å². The minimum Gasteiger partial charge on any atom is -0.485 e. The Hall–Kier alpha value is -2.73. The van der Waals surface area contributed by atoms with Crippen LogP contribution in [0.1, 0.15) is 59.2 Å². The zero-order valence-electron chi connectivity index (χ0n) is 17.9. The molecule has 1 aromatic carbocycles. The molecule has 6 nitrogen and oxygen atoms in total. The highest BCUT2D eigenvalue weighted by molar-refractivity contribution is 6.31. The lowest BCUT2D eigenvalue weighted by Crippen LogP contribution is -2.24. The highest BCUT2D eigenvalue weighted by Crippen LogP contribution is 2.32. The number of halogens is 1. The van der Waals surface area contributed by atoms with Crippen LogP contribution in [0.5, 0.6) is 5.75 Å². The van der Waals surface area contributed by atoms with Crippen molar-refractivity contribution in [3.05, 3.63) is 69.9 Å². The maximum atomic E-state index is 12.3. The summed E-state index contributed by atoms with van der Waals surface area (Å²) >= 11 is 6.25. The maximum Gasteiger partial charge on any atom is 0.286 e. The molecule has 3 rings (SSSR count). The van der Waals surface area contributed by atoms with E-state index in [9.17, 15) is 4.79 Å². The van der Waals surface area contributed by atoms with E-state index in [0.29, 0.717) is 12.3 Å². The summed E-state index contributed by atoms with van der Waals surface area (Å²) in [5, 5.41) is 7.83. The number of nitrogens with zero attached hydrogens (tertiary/aromatic N) is 2. The van der Waals surface area contributed by atoms with Gasteiger partial charge in [0.15, 0.2) is 5.76 Å². The van der Waals surface area contributed by atoms with Crippen LogP contribution in [0.3, 0.4) is 0 Å². The third-order valence-corrected chi connectivity index (χ3v) is 5.19. The monoisotopic (exact) mass is 429 g/mol. The number of aromatic nitrogens is 2. The summed E-state index contributed by atoms with van der Waals surface area (Å²) in [6.07, 6.45) is 4.59. The Morgan fingerprint density at radius 3 is 2.80 bits per heavy atom. The summed E-state index contributed by atoms with van der Waals surface area (Å²) < 4.78 is 13.5. The zero-order chi connectivity index (χ0) is 21.7. The van der Waals surface area contributed by atoms with E-state index in [4.69, 9.17) is 20.8 Å². The first kappa shape index (κ1) is 22.0. The van der Waals surface area contributed by atoms with Crippen molar-refractivity contribution in [2.75, 3.05) is 6.54 Å². The third kappa shape index (κ3) is 5.66. The molecule has 2 heterocycles. The number of furan rings is 1. The van der Waals surface area contributed by atoms with E-state index in [1.165, 1.54) is 0 Å². The molecule has 3 aromatic rings. The highest BCUT2D eigenvalue weighted by atomic mass is 35.5. The van der Waals surface area contributed by atoms with Crippen LogP contribution < -0.4 is 10.1 Å². The van der Waals surface area contributed by atoms with Gasteiger partial charge in [0.25, 0.3) is 5.91 Å². The fourth-order valence-electron chi connectivity index (χ4n) is 3.09. The second kappa shape index (κ2) is 9.85. The first-order valence-corrected chi connectivity index (χ1v) is 10.5. The van der Waals surface area contributed by atoms with Crippen molar-refractivity contribution in [3.63, 3.8) is 0 Å². The van der Waals surface area contributed by atoms with E-state index in [0.717, 1.165) is 40.4 Å². The van der Waals surface area contributed by atoms with Gasteiger partial charge in [-0.05, 0) is 67.1 Å². The average Bonchev–Trinajstić information content (AvgIpc) is 3.34. The molecular formula is C23H28ClN3O3. The van der Waals surface area contributed by atoms with Crippen molar-refractivity contribution in [1.82, 2.24) is 15.1 Å². The largest absolute Gasteiger partial charge is 0.485 e. The summed E-state index contributed by atoms with van der Waals surface area (Å²) in [5.41, 5.74) is 3.13. The van der Waals surface area contributed by atoms with Gasteiger partial charge in [0.05, 0.1) is 6.20 Å². The molecule has 0 unspecified atom stereocenters. The van der Waals surface area contributed by atoms with Crippen LogP contribution in [-0.2, 0) is 13.2 Å². The van der Waals surface area contributed by atoms with Gasteiger partial charge in [0.1, 0.15) is 18.1 Å². The van der Waals surface area contributed by atoms with E-state index < -0.39 is 0 Å². The Labute approximate surface area is 182 Å². The molecular weight excluding hydrogens is 402 g/mol. The first-order chi connectivity index (χ1) is 14.3. The Kier molecular flexibility index (Phi) is 7.21. The van der Waals surface area contributed by atoms with Crippen molar-refractivity contribution < 1.29 is 13.9 Å². The number of rotatable bonds is 9. The molecule has 0 saturated heterocycles. The number of carbonyl (C=O) groups is 1. The van der Waals surface area contributed by atoms with Gasteiger partial charge in [-0.1, -0.05) is 25.4 Å². The molecule has 7 heteroatoms. The molecule has 30 heavy (non-hydrogen) atoms. The van der Waals surface area contributed by atoms with Crippen molar-refractivity contribution >= 4 is 17.5 Å². The van der Waals surface area contributed by atoms with Crippen LogP contribution in [-0.4, -0.2) is 22.2 Å². The second-order valence-corrected chi connectivity index (χ2v) is 8.15. The molecule has 0 spiro atoms. The molecule has 0 aliphatic carbocycles. The van der Waals surface area contributed by atoms with Gasteiger partial charge in [-0.3, -0.25) is 9.48 Å². The second-order valence-electron chi connectivity index (χ2n) is 7.74. The van der Waals surface area contributed by atoms with E-state index in [1.54, 1.807) is 12.1 Å². The smallest absolute Gasteiger partial charge is 0.286 e. The van der Waals surface area contributed by atoms with E-state index in [1.807, 2.05) is 43.1 Å². The molecule has 0 fully saturated rings. The first-order valence-electron chi connectivity index (χ1n) is 10.1. The molecule has 0 radical (unpaired) electrons. The average molecular weight is 430 g/mol. The normalized spacial score (nSPS) is 11.1. The molecule has 0 bridgehead atoms. The molecule has 160 valence electrons. The summed E-state index contributed by atoms with van der Waals surface area (Å²) in [6, 6.07) is 7.32. The zero-order valence-corrected chi connectivity index (χ0v) is 18.6. The van der Waals surface area contributed by atoms with E-state index in [-0.39, 0.29) is 24.2 Å². The molecule has 2 aromatic heterocycles. The number of aryl methyl sites for hydroxylation is 3. The van der Waals surface area contributed by atoms with Crippen LogP contribution in [0, 0.1) is 13.8 Å². The van der Waals surface area contributed by atoms with Gasteiger partial charge in [0, 0.05) is 24.3 Å². The van der Waals surface area contributed by atoms with Gasteiger partial charge in [-0.15, -0.1) is 0 Å². The summed E-state index contributed by atoms with van der Waals surface area (Å²) in [7, 11) is 0. The summed E-state index contributed by atoms with van der Waals surface area (Å²) in [5.74, 6) is 1.70. The van der Waals surface area contributed by atoms with E-state index in [2.05, 4.69) is 24.3 Å². The van der Waals surface area contributed by atoms with Crippen LogP contribution in [0.4, 0.5) is 0 Å². The topological polar surface area (TPSA) is 69.3 Å². The predicted octanol–water partition coefficient (Wildman–Crippen LogP) is 5.27. The molecule has 1 amide bonds. The number of hydrogen-bond acceptors (Lipinski definition) is 4. The van der Waals surface area contributed by atoms with Gasteiger partial charge < -0.3 is 14.5 Å². The number of hydrogen-bond donors (Lipinski definition) is 1. The van der Waals surface area contributed by atoms with E-state index >= 15 is 0 Å². The van der Waals surface area contributed by atoms with Crippen molar-refractivity contribution in [2.45, 2.75) is 53.2 Å². The van der Waals surface area contributed by atoms with Crippen LogP contribution >= 0.6 is 11.6 Å². The number of carbonyl (C=O) groups excluding carboxylic acids is 1. The quantitative estimate of drug-likeness (QED) is 0.470. The molecule has 0 aliphatic rings. The minimum atomic E-state index is -0.233. The third-order valence-electron chi connectivity index (χ3n) is 4.78.